The van der Waals surface area contributed by atoms with Crippen LogP contribution in [-0.4, -0.2) is 24.7 Å². The lowest BCUT2D eigenvalue weighted by atomic mass is 10.2. The van der Waals surface area contributed by atoms with E-state index in [0.717, 1.165) is 15.6 Å². The third-order valence-electron chi connectivity index (χ3n) is 4.07. The van der Waals surface area contributed by atoms with Crippen molar-refractivity contribution in [3.63, 3.8) is 0 Å². The molecule has 0 saturated heterocycles. The Kier molecular flexibility index (Phi) is 3.80. The van der Waals surface area contributed by atoms with Crippen molar-refractivity contribution >= 4 is 22.4 Å². The van der Waals surface area contributed by atoms with Gasteiger partial charge in [0.25, 0.3) is 5.89 Å². The Morgan fingerprint density at radius 1 is 1.23 bits per heavy atom. The van der Waals surface area contributed by atoms with E-state index in [1.807, 2.05) is 20.8 Å². The van der Waals surface area contributed by atoms with E-state index in [1.165, 1.54) is 15.9 Å². The minimum atomic E-state index is -0.652. The summed E-state index contributed by atoms with van der Waals surface area (Å²) < 4.78 is 6.81. The highest BCUT2D eigenvalue weighted by Gasteiger charge is 2.17. The van der Waals surface area contributed by atoms with Crippen molar-refractivity contribution in [2.45, 2.75) is 27.3 Å². The molecule has 132 valence electrons. The van der Waals surface area contributed by atoms with Gasteiger partial charge in [-0.15, -0.1) is 11.3 Å². The van der Waals surface area contributed by atoms with Crippen molar-refractivity contribution in [2.24, 2.45) is 0 Å². The van der Waals surface area contributed by atoms with Gasteiger partial charge in [-0.3, -0.25) is 9.59 Å². The molecule has 3 aromatic heterocycles. The highest BCUT2D eigenvalue weighted by molar-refractivity contribution is 7.15. The summed E-state index contributed by atoms with van der Waals surface area (Å²) in [7, 11) is 0. The van der Waals surface area contributed by atoms with Gasteiger partial charge in [-0.2, -0.15) is 4.98 Å². The molecule has 0 amide bonds. The first kappa shape index (κ1) is 16.4. The van der Waals surface area contributed by atoms with E-state index in [9.17, 15) is 9.59 Å². The minimum Gasteiger partial charge on any atom is -0.333 e. The van der Waals surface area contributed by atoms with Crippen LogP contribution in [0.2, 0.25) is 0 Å². The maximum absolute atomic E-state index is 11.9. The van der Waals surface area contributed by atoms with Crippen molar-refractivity contribution in [1.82, 2.24) is 24.7 Å². The second-order valence-electron chi connectivity index (χ2n) is 5.81. The van der Waals surface area contributed by atoms with Crippen molar-refractivity contribution in [1.29, 1.82) is 0 Å². The van der Waals surface area contributed by atoms with Gasteiger partial charge in [0.05, 0.1) is 21.7 Å². The van der Waals surface area contributed by atoms with E-state index in [0.29, 0.717) is 34.9 Å². The number of hydrogen-bond acceptors (Lipinski definition) is 7. The molecule has 1 N–H and O–H groups in total. The zero-order valence-electron chi connectivity index (χ0n) is 14.4. The summed E-state index contributed by atoms with van der Waals surface area (Å²) in [5.41, 5.74) is 1.51. The van der Waals surface area contributed by atoms with Crippen molar-refractivity contribution in [2.75, 3.05) is 0 Å². The first-order valence-electron chi connectivity index (χ1n) is 8.03. The summed E-state index contributed by atoms with van der Waals surface area (Å²) in [5, 5.41) is 4.96. The molecule has 0 aliphatic rings. The van der Waals surface area contributed by atoms with Crippen LogP contribution in [0.4, 0.5) is 0 Å². The number of aromatic amines is 1. The van der Waals surface area contributed by atoms with E-state index in [-0.39, 0.29) is 0 Å². The Balaban J connectivity index is 1.83. The number of rotatable bonds is 3. The van der Waals surface area contributed by atoms with E-state index >= 15 is 0 Å². The number of aryl methyl sites for hydroxylation is 3. The molecule has 0 spiro atoms. The third kappa shape index (κ3) is 2.57. The molecule has 0 fully saturated rings. The van der Waals surface area contributed by atoms with E-state index in [4.69, 9.17) is 4.52 Å². The zero-order valence-corrected chi connectivity index (χ0v) is 15.2. The Morgan fingerprint density at radius 3 is 2.73 bits per heavy atom. The van der Waals surface area contributed by atoms with Crippen LogP contribution in [0.3, 0.4) is 0 Å². The van der Waals surface area contributed by atoms with Crippen LogP contribution in [0.5, 0.6) is 0 Å². The molecule has 26 heavy (non-hydrogen) atoms. The fourth-order valence-corrected chi connectivity index (χ4v) is 3.74. The Bertz CT molecular complexity index is 1250. The number of benzene rings is 1. The van der Waals surface area contributed by atoms with Crippen molar-refractivity contribution < 1.29 is 4.52 Å². The number of thiazole rings is 1. The molecule has 0 saturated carbocycles. The Labute approximate surface area is 151 Å². The average Bonchev–Trinajstić information content (AvgIpc) is 3.22. The standard InChI is InChI=1S/C17H15N5O3S/c1-4-22-12-6-5-10(7-11(12)19-15(23)17(22)24)14-20-16(25-21-14)13-8(2)18-9(3)26-13/h5-7H,4H2,1-3H3,(H,19,23). The fraction of sp³-hybridized carbons (Fsp3) is 0.235. The maximum Gasteiger partial charge on any atom is 0.316 e. The van der Waals surface area contributed by atoms with Crippen LogP contribution < -0.4 is 11.1 Å². The van der Waals surface area contributed by atoms with Gasteiger partial charge in [-0.1, -0.05) is 5.16 Å². The minimum absolute atomic E-state index is 0.405. The van der Waals surface area contributed by atoms with Gasteiger partial charge in [0.2, 0.25) is 5.82 Å². The van der Waals surface area contributed by atoms with Gasteiger partial charge in [0.15, 0.2) is 0 Å². The molecule has 1 aromatic carbocycles. The Morgan fingerprint density at radius 2 is 2.04 bits per heavy atom. The number of aromatic nitrogens is 5. The topological polar surface area (TPSA) is 107 Å². The summed E-state index contributed by atoms with van der Waals surface area (Å²) in [6, 6.07) is 5.30. The molecule has 0 aliphatic heterocycles. The molecule has 8 nitrogen and oxygen atoms in total. The summed E-state index contributed by atoms with van der Waals surface area (Å²) >= 11 is 1.49. The predicted molar refractivity (Wildman–Crippen MR) is 98.4 cm³/mol. The summed E-state index contributed by atoms with van der Waals surface area (Å²) in [5.74, 6) is 0.817. The summed E-state index contributed by atoms with van der Waals surface area (Å²) in [6.45, 7) is 6.05. The molecule has 0 unspecified atom stereocenters. The van der Waals surface area contributed by atoms with Crippen LogP contribution in [0.25, 0.3) is 33.2 Å². The Hall–Kier alpha value is -3.07. The number of nitrogens with zero attached hydrogens (tertiary/aromatic N) is 4. The van der Waals surface area contributed by atoms with E-state index < -0.39 is 11.1 Å². The molecule has 0 atom stereocenters. The van der Waals surface area contributed by atoms with Crippen molar-refractivity contribution in [3.8, 4) is 22.2 Å². The molecule has 0 radical (unpaired) electrons. The quantitative estimate of drug-likeness (QED) is 0.556. The SMILES string of the molecule is CCn1c(=O)c(=O)[nH]c2cc(-c3noc(-c4sc(C)nc4C)n3)ccc21. The third-order valence-corrected chi connectivity index (χ3v) is 5.13. The highest BCUT2D eigenvalue weighted by atomic mass is 32.1. The molecular weight excluding hydrogens is 354 g/mol. The van der Waals surface area contributed by atoms with Crippen LogP contribution in [0.1, 0.15) is 17.6 Å². The van der Waals surface area contributed by atoms with Gasteiger partial charge < -0.3 is 14.1 Å². The van der Waals surface area contributed by atoms with Gasteiger partial charge in [-0.05, 0) is 39.0 Å². The van der Waals surface area contributed by atoms with Gasteiger partial charge >= 0.3 is 11.1 Å². The van der Waals surface area contributed by atoms with Crippen LogP contribution in [0.15, 0.2) is 32.3 Å². The molecule has 0 aliphatic carbocycles. The molecule has 0 bridgehead atoms. The fourth-order valence-electron chi connectivity index (χ4n) is 2.90. The average molecular weight is 369 g/mol. The van der Waals surface area contributed by atoms with Gasteiger partial charge in [0.1, 0.15) is 4.88 Å². The second kappa shape index (κ2) is 6.03. The largest absolute Gasteiger partial charge is 0.333 e. The zero-order chi connectivity index (χ0) is 18.4. The van der Waals surface area contributed by atoms with Crippen LogP contribution in [-0.2, 0) is 6.54 Å². The number of fused-ring (bicyclic) bond motifs is 1. The summed E-state index contributed by atoms with van der Waals surface area (Å²) in [6.07, 6.45) is 0. The lowest BCUT2D eigenvalue weighted by molar-refractivity contribution is 0.433. The second-order valence-corrected chi connectivity index (χ2v) is 7.01. The van der Waals surface area contributed by atoms with E-state index in [2.05, 4.69) is 20.1 Å². The smallest absolute Gasteiger partial charge is 0.316 e. The predicted octanol–water partition coefficient (Wildman–Crippen LogP) is 2.50. The number of H-pyrrole nitrogens is 1. The molecule has 3 heterocycles. The lowest BCUT2D eigenvalue weighted by Gasteiger charge is -2.07. The van der Waals surface area contributed by atoms with E-state index in [1.54, 1.807) is 18.2 Å². The first-order valence-corrected chi connectivity index (χ1v) is 8.85. The van der Waals surface area contributed by atoms with Crippen LogP contribution in [0, 0.1) is 13.8 Å². The molecule has 4 rings (SSSR count). The lowest BCUT2D eigenvalue weighted by Crippen LogP contribution is -2.35. The van der Waals surface area contributed by atoms with Gasteiger partial charge in [0, 0.05) is 12.1 Å². The summed E-state index contributed by atoms with van der Waals surface area (Å²) in [4.78, 5) is 36.0. The van der Waals surface area contributed by atoms with Crippen molar-refractivity contribution in [3.05, 3.63) is 49.6 Å². The first-order chi connectivity index (χ1) is 12.5. The number of nitrogens with one attached hydrogen (secondary N) is 1. The molecular formula is C17H15N5O3S. The van der Waals surface area contributed by atoms with Gasteiger partial charge in [-0.25, -0.2) is 4.98 Å². The normalized spacial score (nSPS) is 11.3. The highest BCUT2D eigenvalue weighted by Crippen LogP contribution is 2.30. The molecule has 9 heteroatoms. The van der Waals surface area contributed by atoms with Crippen LogP contribution >= 0.6 is 11.3 Å². The molecule has 4 aromatic rings. The monoisotopic (exact) mass is 369 g/mol. The maximum atomic E-state index is 11.9. The number of hydrogen-bond donors (Lipinski definition) is 1.